The summed E-state index contributed by atoms with van der Waals surface area (Å²) in [5, 5.41) is 10.3. The van der Waals surface area contributed by atoms with Crippen molar-refractivity contribution < 1.29 is 24.2 Å². The predicted octanol–water partition coefficient (Wildman–Crippen LogP) is 4.71. The van der Waals surface area contributed by atoms with Crippen molar-refractivity contribution in [2.45, 2.75) is 105 Å². The number of ether oxygens (including phenoxy) is 1. The van der Waals surface area contributed by atoms with Crippen molar-refractivity contribution in [3.8, 4) is 0 Å². The lowest BCUT2D eigenvalue weighted by molar-refractivity contribution is -0.155. The first-order valence-corrected chi connectivity index (χ1v) is 16.5. The minimum atomic E-state index is -0.740. The minimum Gasteiger partial charge on any atom is -0.465 e. The normalized spacial score (nSPS) is 32.8. The molecule has 3 aliphatic heterocycles. The zero-order chi connectivity index (χ0) is 28.3. The third kappa shape index (κ3) is 5.61. The number of rotatable bonds is 13. The molecule has 0 radical (unpaired) electrons. The summed E-state index contributed by atoms with van der Waals surface area (Å²) < 4.78 is 5.00. The Morgan fingerprint density at radius 1 is 1.23 bits per heavy atom. The zero-order valence-electron chi connectivity index (χ0n) is 23.4. The number of carbonyl (C=O) groups excluding carboxylic acids is 3. The van der Waals surface area contributed by atoms with E-state index in [1.165, 1.54) is 6.42 Å². The van der Waals surface area contributed by atoms with Gasteiger partial charge >= 0.3 is 5.97 Å². The molecular formula is C30H45BrN2O5S. The molecule has 218 valence electrons. The van der Waals surface area contributed by atoms with E-state index < -0.39 is 28.7 Å². The number of alkyl halides is 1. The fraction of sp³-hybridized carbons (Fsp3) is 0.767. The average molecular weight is 626 g/mol. The molecular weight excluding hydrogens is 580 g/mol. The maximum absolute atomic E-state index is 14.7. The molecule has 1 N–H and O–H groups in total. The summed E-state index contributed by atoms with van der Waals surface area (Å²) in [5.74, 6) is -1.91. The van der Waals surface area contributed by atoms with E-state index >= 15 is 0 Å². The first kappa shape index (κ1) is 30.6. The Morgan fingerprint density at radius 3 is 2.56 bits per heavy atom. The van der Waals surface area contributed by atoms with E-state index in [2.05, 4.69) is 29.1 Å². The van der Waals surface area contributed by atoms with E-state index in [0.29, 0.717) is 19.6 Å². The molecule has 0 aromatic carbocycles. The molecule has 39 heavy (non-hydrogen) atoms. The van der Waals surface area contributed by atoms with Crippen molar-refractivity contribution in [2.75, 3.05) is 19.8 Å². The van der Waals surface area contributed by atoms with Gasteiger partial charge in [-0.2, -0.15) is 0 Å². The van der Waals surface area contributed by atoms with Crippen molar-refractivity contribution in [3.63, 3.8) is 0 Å². The highest BCUT2D eigenvalue weighted by Gasteiger charge is 2.77. The number of carbonyl (C=O) groups is 3. The molecule has 4 aliphatic rings. The third-order valence-electron chi connectivity index (χ3n) is 9.22. The van der Waals surface area contributed by atoms with Gasteiger partial charge in [-0.15, -0.1) is 24.9 Å². The lowest BCUT2D eigenvalue weighted by Crippen LogP contribution is -2.60. The van der Waals surface area contributed by atoms with E-state index in [1.54, 1.807) is 22.7 Å². The number of unbranched alkanes of at least 4 members (excludes halogenated alkanes) is 2. The fourth-order valence-electron chi connectivity index (χ4n) is 7.36. The standard InChI is InChI=1S/C30H45BrN2O5S/c1-5-7-8-12-16-38-29(37)23-24-27(35)33(22(18-34)19(3)4)26(30(24)17-21(31)25(23)39-30)28(36)32(15-6-2)20-13-10-9-11-14-20/h5-6,19-26,34H,1-2,7-18H2,3-4H3/t21?,22-,23+,24-,25+,26?,30?/m0/s1. The van der Waals surface area contributed by atoms with Crippen LogP contribution in [0.25, 0.3) is 0 Å². The van der Waals surface area contributed by atoms with Crippen LogP contribution in [0.1, 0.15) is 71.6 Å². The molecule has 3 unspecified atom stereocenters. The van der Waals surface area contributed by atoms with Gasteiger partial charge in [-0.25, -0.2) is 0 Å². The molecule has 4 fully saturated rings. The molecule has 1 spiro atoms. The van der Waals surface area contributed by atoms with E-state index in [4.69, 9.17) is 4.74 Å². The zero-order valence-corrected chi connectivity index (χ0v) is 25.8. The molecule has 9 heteroatoms. The highest BCUT2D eigenvalue weighted by atomic mass is 79.9. The highest BCUT2D eigenvalue weighted by Crippen LogP contribution is 2.68. The molecule has 2 bridgehead atoms. The Labute approximate surface area is 246 Å². The average Bonchev–Trinajstić information content (AvgIpc) is 3.51. The number of hydrogen-bond donors (Lipinski definition) is 1. The number of aliphatic hydroxyl groups is 1. The summed E-state index contributed by atoms with van der Waals surface area (Å²) in [4.78, 5) is 46.2. The maximum Gasteiger partial charge on any atom is 0.310 e. The fourth-order valence-corrected chi connectivity index (χ4v) is 10.9. The van der Waals surface area contributed by atoms with Gasteiger partial charge in [0, 0.05) is 22.7 Å². The van der Waals surface area contributed by atoms with Gasteiger partial charge in [0.05, 0.1) is 35.8 Å². The molecule has 4 rings (SSSR count). The number of thioether (sulfide) groups is 1. The second-order valence-corrected chi connectivity index (χ2v) is 14.6. The molecule has 1 aliphatic carbocycles. The molecule has 1 saturated carbocycles. The molecule has 7 nitrogen and oxygen atoms in total. The van der Waals surface area contributed by atoms with Crippen molar-refractivity contribution in [1.82, 2.24) is 9.80 Å². The topological polar surface area (TPSA) is 87.2 Å². The first-order valence-electron chi connectivity index (χ1n) is 14.7. The van der Waals surface area contributed by atoms with Gasteiger partial charge in [0.1, 0.15) is 6.04 Å². The van der Waals surface area contributed by atoms with Crippen LogP contribution in [0.15, 0.2) is 25.3 Å². The molecule has 0 aromatic heterocycles. The second-order valence-electron chi connectivity index (χ2n) is 11.9. The second kappa shape index (κ2) is 13.1. The number of halogens is 1. The van der Waals surface area contributed by atoms with Crippen LogP contribution in [0.5, 0.6) is 0 Å². The number of esters is 1. The third-order valence-corrected chi connectivity index (χ3v) is 12.4. The predicted molar refractivity (Wildman–Crippen MR) is 159 cm³/mol. The van der Waals surface area contributed by atoms with Gasteiger partial charge in [-0.1, -0.05) is 61.2 Å². The molecule has 3 heterocycles. The van der Waals surface area contributed by atoms with Gasteiger partial charge in [0.15, 0.2) is 0 Å². The maximum atomic E-state index is 14.7. The van der Waals surface area contributed by atoms with Crippen LogP contribution in [-0.2, 0) is 19.1 Å². The monoisotopic (exact) mass is 624 g/mol. The summed E-state index contributed by atoms with van der Waals surface area (Å²) >= 11 is 5.45. The van der Waals surface area contributed by atoms with Gasteiger partial charge in [-0.05, 0) is 44.4 Å². The van der Waals surface area contributed by atoms with Crippen LogP contribution >= 0.6 is 27.7 Å². The van der Waals surface area contributed by atoms with Crippen LogP contribution in [-0.4, -0.2) is 85.4 Å². The van der Waals surface area contributed by atoms with Crippen molar-refractivity contribution in [1.29, 1.82) is 0 Å². The van der Waals surface area contributed by atoms with Crippen LogP contribution in [0.2, 0.25) is 0 Å². The number of aliphatic hydroxyl groups excluding tert-OH is 1. The van der Waals surface area contributed by atoms with E-state index in [9.17, 15) is 19.5 Å². The summed E-state index contributed by atoms with van der Waals surface area (Å²) in [6.07, 6.45) is 12.0. The molecule has 2 amide bonds. The Kier molecular flexibility index (Phi) is 10.3. The summed E-state index contributed by atoms with van der Waals surface area (Å²) in [7, 11) is 0. The number of fused-ring (bicyclic) bond motifs is 1. The summed E-state index contributed by atoms with van der Waals surface area (Å²) in [6.45, 7) is 12.1. The van der Waals surface area contributed by atoms with Crippen LogP contribution < -0.4 is 0 Å². The SMILES string of the molecule is C=CCCCCOC(=O)[C@H]1[C@@H]2SC3(CC2Br)C(C(=O)N(CC=C)C2CCCCC2)N([C@@H](CO)C(C)C)C(=O)[C@H]13. The minimum absolute atomic E-state index is 0.00530. The van der Waals surface area contributed by atoms with Crippen molar-refractivity contribution in [2.24, 2.45) is 17.8 Å². The van der Waals surface area contributed by atoms with Crippen LogP contribution in [0, 0.1) is 17.8 Å². The summed E-state index contributed by atoms with van der Waals surface area (Å²) in [6, 6.07) is -1.13. The Balaban J connectivity index is 1.70. The first-order chi connectivity index (χ1) is 18.7. The number of likely N-dealkylation sites (tertiary alicyclic amines) is 1. The Bertz CT molecular complexity index is 940. The molecule has 0 aromatic rings. The van der Waals surface area contributed by atoms with Gasteiger partial charge < -0.3 is 19.6 Å². The van der Waals surface area contributed by atoms with E-state index in [0.717, 1.165) is 44.9 Å². The lowest BCUT2D eigenvalue weighted by Gasteiger charge is -2.43. The van der Waals surface area contributed by atoms with Crippen molar-refractivity contribution >= 4 is 45.5 Å². The van der Waals surface area contributed by atoms with Gasteiger partial charge in [0.25, 0.3) is 0 Å². The van der Waals surface area contributed by atoms with Gasteiger partial charge in [0.2, 0.25) is 11.8 Å². The molecule has 7 atom stereocenters. The quantitative estimate of drug-likeness (QED) is 0.138. The van der Waals surface area contributed by atoms with E-state index in [-0.39, 0.29) is 46.4 Å². The number of nitrogens with zero attached hydrogens (tertiary/aromatic N) is 2. The Hall–Kier alpha value is -1.32. The van der Waals surface area contributed by atoms with Crippen molar-refractivity contribution in [3.05, 3.63) is 25.3 Å². The summed E-state index contributed by atoms with van der Waals surface area (Å²) in [5.41, 5.74) is 0. The van der Waals surface area contributed by atoms with E-state index in [1.807, 2.05) is 24.8 Å². The number of hydrogen-bond acceptors (Lipinski definition) is 6. The molecule has 3 saturated heterocycles. The highest BCUT2D eigenvalue weighted by molar-refractivity contribution is 9.09. The Morgan fingerprint density at radius 2 is 1.95 bits per heavy atom. The number of allylic oxidation sites excluding steroid dienone is 1. The largest absolute Gasteiger partial charge is 0.465 e. The van der Waals surface area contributed by atoms with Crippen LogP contribution in [0.4, 0.5) is 0 Å². The smallest absolute Gasteiger partial charge is 0.310 e. The van der Waals surface area contributed by atoms with Crippen LogP contribution in [0.3, 0.4) is 0 Å². The number of amides is 2. The lowest BCUT2D eigenvalue weighted by atomic mass is 9.71. The van der Waals surface area contributed by atoms with Gasteiger partial charge in [-0.3, -0.25) is 14.4 Å².